The standard InChI is InChI=1S/C23H31N5O/c1-2-8-27(9-3-1)22-17-23(25-18-24-22)28-13-11-26(12-14-28)10-6-19-4-5-21-20(16-19)7-15-29-21/h4-5,16-18H,1-3,6-15H2. The minimum Gasteiger partial charge on any atom is -0.493 e. The van der Waals surface area contributed by atoms with Crippen LogP contribution in [0.4, 0.5) is 11.6 Å². The van der Waals surface area contributed by atoms with Crippen LogP contribution in [0.15, 0.2) is 30.6 Å². The molecule has 0 spiro atoms. The first-order chi connectivity index (χ1) is 14.3. The van der Waals surface area contributed by atoms with Crippen molar-refractivity contribution < 1.29 is 4.74 Å². The van der Waals surface area contributed by atoms with Gasteiger partial charge < -0.3 is 14.5 Å². The van der Waals surface area contributed by atoms with Crippen LogP contribution in [0.2, 0.25) is 0 Å². The molecule has 0 aliphatic carbocycles. The average molecular weight is 394 g/mol. The first-order valence-corrected chi connectivity index (χ1v) is 11.1. The highest BCUT2D eigenvalue weighted by atomic mass is 16.5. The molecule has 3 aliphatic rings. The number of piperidine rings is 1. The number of ether oxygens (including phenoxy) is 1. The third kappa shape index (κ3) is 4.32. The molecule has 2 saturated heterocycles. The van der Waals surface area contributed by atoms with Gasteiger partial charge in [-0.3, -0.25) is 4.90 Å². The number of fused-ring (bicyclic) bond motifs is 1. The molecule has 0 unspecified atom stereocenters. The van der Waals surface area contributed by atoms with Crippen LogP contribution in [0.3, 0.4) is 0 Å². The van der Waals surface area contributed by atoms with Crippen LogP contribution in [0, 0.1) is 0 Å². The molecular weight excluding hydrogens is 362 g/mol. The molecule has 29 heavy (non-hydrogen) atoms. The van der Waals surface area contributed by atoms with Gasteiger partial charge in [0, 0.05) is 58.3 Å². The average Bonchev–Trinajstić information content (AvgIpc) is 3.27. The van der Waals surface area contributed by atoms with E-state index in [1.54, 1.807) is 6.33 Å². The normalized spacial score (nSPS) is 19.9. The van der Waals surface area contributed by atoms with Crippen molar-refractivity contribution in [1.29, 1.82) is 0 Å². The van der Waals surface area contributed by atoms with Crippen molar-refractivity contribution >= 4 is 11.6 Å². The molecule has 3 aliphatic heterocycles. The molecule has 0 atom stereocenters. The van der Waals surface area contributed by atoms with E-state index in [1.807, 2.05) is 0 Å². The Kier molecular flexibility index (Phi) is 5.52. The number of nitrogens with zero attached hydrogens (tertiary/aromatic N) is 5. The number of hydrogen-bond donors (Lipinski definition) is 0. The molecule has 6 nitrogen and oxygen atoms in total. The van der Waals surface area contributed by atoms with Crippen LogP contribution in [-0.4, -0.2) is 67.3 Å². The molecule has 0 bridgehead atoms. The summed E-state index contributed by atoms with van der Waals surface area (Å²) < 4.78 is 5.62. The molecule has 5 rings (SSSR count). The Bertz CT molecular complexity index is 828. The molecular formula is C23H31N5O. The highest BCUT2D eigenvalue weighted by Gasteiger charge is 2.20. The van der Waals surface area contributed by atoms with Gasteiger partial charge in [-0.2, -0.15) is 0 Å². The SMILES string of the molecule is c1nc(N2CCCCC2)cc(N2CCN(CCc3ccc4c(c3)CCO4)CC2)n1. The molecule has 1 aromatic carbocycles. The third-order valence-corrected chi connectivity index (χ3v) is 6.49. The van der Waals surface area contributed by atoms with Gasteiger partial charge in [0.15, 0.2) is 0 Å². The van der Waals surface area contributed by atoms with Crippen molar-refractivity contribution in [3.05, 3.63) is 41.7 Å². The molecule has 2 aromatic rings. The quantitative estimate of drug-likeness (QED) is 0.778. The summed E-state index contributed by atoms with van der Waals surface area (Å²) >= 11 is 0. The fraction of sp³-hybridized carbons (Fsp3) is 0.565. The second-order valence-electron chi connectivity index (χ2n) is 8.40. The molecule has 154 valence electrons. The summed E-state index contributed by atoms with van der Waals surface area (Å²) in [4.78, 5) is 16.5. The van der Waals surface area contributed by atoms with Crippen molar-refractivity contribution in [2.24, 2.45) is 0 Å². The largest absolute Gasteiger partial charge is 0.493 e. The third-order valence-electron chi connectivity index (χ3n) is 6.49. The fourth-order valence-electron chi connectivity index (χ4n) is 4.69. The smallest absolute Gasteiger partial charge is 0.134 e. The summed E-state index contributed by atoms with van der Waals surface area (Å²) in [6, 6.07) is 8.89. The highest BCUT2D eigenvalue weighted by molar-refractivity contribution is 5.50. The maximum Gasteiger partial charge on any atom is 0.134 e. The van der Waals surface area contributed by atoms with E-state index in [0.29, 0.717) is 0 Å². The van der Waals surface area contributed by atoms with E-state index >= 15 is 0 Å². The van der Waals surface area contributed by atoms with Gasteiger partial charge in [-0.15, -0.1) is 0 Å². The zero-order valence-corrected chi connectivity index (χ0v) is 17.2. The number of aromatic nitrogens is 2. The minimum absolute atomic E-state index is 0.837. The molecule has 0 saturated carbocycles. The Balaban J connectivity index is 1.14. The van der Waals surface area contributed by atoms with Crippen molar-refractivity contribution in [2.45, 2.75) is 32.1 Å². The predicted octanol–water partition coefficient (Wildman–Crippen LogP) is 2.77. The maximum atomic E-state index is 5.62. The van der Waals surface area contributed by atoms with Gasteiger partial charge in [-0.25, -0.2) is 9.97 Å². The lowest BCUT2D eigenvalue weighted by atomic mass is 10.1. The second-order valence-corrected chi connectivity index (χ2v) is 8.40. The fourth-order valence-corrected chi connectivity index (χ4v) is 4.69. The maximum absolute atomic E-state index is 5.62. The molecule has 0 N–H and O–H groups in total. The van der Waals surface area contributed by atoms with E-state index in [-0.39, 0.29) is 0 Å². The molecule has 4 heterocycles. The summed E-state index contributed by atoms with van der Waals surface area (Å²) in [5.74, 6) is 3.26. The van der Waals surface area contributed by atoms with Gasteiger partial charge >= 0.3 is 0 Å². The first-order valence-electron chi connectivity index (χ1n) is 11.1. The minimum atomic E-state index is 0.837. The summed E-state index contributed by atoms with van der Waals surface area (Å²) in [6.07, 6.45) is 7.80. The summed E-state index contributed by atoms with van der Waals surface area (Å²) in [5.41, 5.74) is 2.80. The van der Waals surface area contributed by atoms with Crippen molar-refractivity contribution in [1.82, 2.24) is 14.9 Å². The Morgan fingerprint density at radius 3 is 2.38 bits per heavy atom. The molecule has 0 radical (unpaired) electrons. The van der Waals surface area contributed by atoms with Crippen LogP contribution >= 0.6 is 0 Å². The van der Waals surface area contributed by atoms with E-state index in [0.717, 1.165) is 82.6 Å². The molecule has 2 fully saturated rings. The Morgan fingerprint density at radius 1 is 0.828 bits per heavy atom. The van der Waals surface area contributed by atoms with E-state index in [4.69, 9.17) is 4.74 Å². The van der Waals surface area contributed by atoms with E-state index in [2.05, 4.69) is 48.9 Å². The van der Waals surface area contributed by atoms with Gasteiger partial charge in [-0.1, -0.05) is 12.1 Å². The summed E-state index contributed by atoms with van der Waals surface area (Å²) in [7, 11) is 0. The zero-order valence-electron chi connectivity index (χ0n) is 17.2. The van der Waals surface area contributed by atoms with Gasteiger partial charge in [0.1, 0.15) is 23.7 Å². The number of rotatable bonds is 5. The Hall–Kier alpha value is -2.34. The van der Waals surface area contributed by atoms with Crippen molar-refractivity contribution in [3.8, 4) is 5.75 Å². The first kappa shape index (κ1) is 18.7. The topological polar surface area (TPSA) is 44.7 Å². The summed E-state index contributed by atoms with van der Waals surface area (Å²) in [6.45, 7) is 8.47. The van der Waals surface area contributed by atoms with Crippen LogP contribution in [0.1, 0.15) is 30.4 Å². The highest BCUT2D eigenvalue weighted by Crippen LogP contribution is 2.26. The second kappa shape index (κ2) is 8.57. The van der Waals surface area contributed by atoms with Crippen molar-refractivity contribution in [3.63, 3.8) is 0 Å². The zero-order chi connectivity index (χ0) is 19.5. The van der Waals surface area contributed by atoms with E-state index in [1.165, 1.54) is 30.4 Å². The van der Waals surface area contributed by atoms with Crippen LogP contribution in [0.25, 0.3) is 0 Å². The lowest BCUT2D eigenvalue weighted by Crippen LogP contribution is -2.47. The summed E-state index contributed by atoms with van der Waals surface area (Å²) in [5, 5.41) is 0. The van der Waals surface area contributed by atoms with Crippen molar-refractivity contribution in [2.75, 3.05) is 62.2 Å². The molecule has 1 aromatic heterocycles. The lowest BCUT2D eigenvalue weighted by molar-refractivity contribution is 0.260. The number of hydrogen-bond acceptors (Lipinski definition) is 6. The van der Waals surface area contributed by atoms with Gasteiger partial charge in [0.2, 0.25) is 0 Å². The molecule has 0 amide bonds. The van der Waals surface area contributed by atoms with Crippen LogP contribution in [0.5, 0.6) is 5.75 Å². The monoisotopic (exact) mass is 393 g/mol. The van der Waals surface area contributed by atoms with Crippen LogP contribution in [-0.2, 0) is 12.8 Å². The number of piperazine rings is 1. The predicted molar refractivity (Wildman–Crippen MR) is 116 cm³/mol. The number of benzene rings is 1. The van der Waals surface area contributed by atoms with Gasteiger partial charge in [0.25, 0.3) is 0 Å². The Labute approximate surface area is 173 Å². The van der Waals surface area contributed by atoms with E-state index < -0.39 is 0 Å². The Morgan fingerprint density at radius 2 is 1.59 bits per heavy atom. The lowest BCUT2D eigenvalue weighted by Gasteiger charge is -2.36. The molecule has 6 heteroatoms. The van der Waals surface area contributed by atoms with Gasteiger partial charge in [0.05, 0.1) is 6.61 Å². The van der Waals surface area contributed by atoms with E-state index in [9.17, 15) is 0 Å². The number of anilines is 2. The van der Waals surface area contributed by atoms with Gasteiger partial charge in [-0.05, 0) is 42.9 Å². The van der Waals surface area contributed by atoms with Crippen LogP contribution < -0.4 is 14.5 Å².